The first-order valence-electron chi connectivity index (χ1n) is 7.46. The van der Waals surface area contributed by atoms with Crippen molar-refractivity contribution >= 4 is 17.9 Å². The molecule has 0 aromatic carbocycles. The van der Waals surface area contributed by atoms with Crippen molar-refractivity contribution in [2.24, 2.45) is 11.1 Å². The molecule has 0 radical (unpaired) electrons. The van der Waals surface area contributed by atoms with Gasteiger partial charge in [-0.05, 0) is 32.1 Å². The number of carboxylic acids is 1. The summed E-state index contributed by atoms with van der Waals surface area (Å²) in [6.45, 7) is 3.31. The van der Waals surface area contributed by atoms with Gasteiger partial charge in [-0.1, -0.05) is 6.92 Å². The van der Waals surface area contributed by atoms with Crippen LogP contribution in [0.2, 0.25) is 0 Å². The second-order valence-corrected chi connectivity index (χ2v) is 5.58. The van der Waals surface area contributed by atoms with E-state index < -0.39 is 11.4 Å². The molecule has 0 unspecified atom stereocenters. The van der Waals surface area contributed by atoms with Crippen LogP contribution < -0.4 is 11.1 Å². The van der Waals surface area contributed by atoms with Crippen LogP contribution in [0, 0.1) is 5.41 Å². The predicted octanol–water partition coefficient (Wildman–Crippen LogP) is 0.928. The van der Waals surface area contributed by atoms with E-state index >= 15 is 0 Å². The van der Waals surface area contributed by atoms with Gasteiger partial charge in [-0.25, -0.2) is 4.79 Å². The Balaban J connectivity index is 2.29. The Kier molecular flexibility index (Phi) is 6.45. The summed E-state index contributed by atoms with van der Waals surface area (Å²) in [6.07, 6.45) is 3.27. The molecule has 1 rings (SSSR count). The van der Waals surface area contributed by atoms with E-state index in [1.54, 1.807) is 4.90 Å². The molecule has 3 amide bonds. The number of rotatable bonds is 7. The van der Waals surface area contributed by atoms with Crippen LogP contribution >= 0.6 is 0 Å². The summed E-state index contributed by atoms with van der Waals surface area (Å²) in [7, 11) is 0. The third kappa shape index (κ3) is 4.91. The third-order valence-corrected chi connectivity index (χ3v) is 4.26. The van der Waals surface area contributed by atoms with Crippen molar-refractivity contribution < 1.29 is 19.5 Å². The Morgan fingerprint density at radius 3 is 2.33 bits per heavy atom. The highest BCUT2D eigenvalue weighted by atomic mass is 16.4. The first kappa shape index (κ1) is 17.3. The van der Waals surface area contributed by atoms with E-state index in [2.05, 4.69) is 5.32 Å². The molecule has 0 bridgehead atoms. The number of nitrogens with one attached hydrogen (secondary N) is 1. The van der Waals surface area contributed by atoms with Crippen LogP contribution in [0.1, 0.15) is 45.4 Å². The lowest BCUT2D eigenvalue weighted by atomic mass is 9.76. The molecule has 1 aliphatic rings. The van der Waals surface area contributed by atoms with E-state index in [0.29, 0.717) is 58.2 Å². The van der Waals surface area contributed by atoms with Gasteiger partial charge in [0.15, 0.2) is 0 Å². The number of urea groups is 1. The van der Waals surface area contributed by atoms with Gasteiger partial charge in [0.2, 0.25) is 5.91 Å². The van der Waals surface area contributed by atoms with Crippen molar-refractivity contribution in [1.29, 1.82) is 0 Å². The summed E-state index contributed by atoms with van der Waals surface area (Å²) in [5, 5.41) is 12.1. The zero-order valence-corrected chi connectivity index (χ0v) is 12.6. The molecule has 7 nitrogen and oxygen atoms in total. The minimum Gasteiger partial charge on any atom is -0.481 e. The van der Waals surface area contributed by atoms with E-state index in [9.17, 15) is 19.5 Å². The number of aliphatic carboxylic acids is 1. The molecule has 0 aromatic heterocycles. The zero-order chi connectivity index (χ0) is 15.9. The Morgan fingerprint density at radius 1 is 1.24 bits per heavy atom. The lowest BCUT2D eigenvalue weighted by Crippen LogP contribution is -2.49. The van der Waals surface area contributed by atoms with E-state index in [-0.39, 0.29) is 11.9 Å². The fourth-order valence-corrected chi connectivity index (χ4v) is 2.59. The van der Waals surface area contributed by atoms with Crippen molar-refractivity contribution in [3.8, 4) is 0 Å². The van der Waals surface area contributed by atoms with Crippen LogP contribution in [-0.4, -0.2) is 47.5 Å². The van der Waals surface area contributed by atoms with Gasteiger partial charge >= 0.3 is 12.0 Å². The van der Waals surface area contributed by atoms with E-state index in [1.807, 2.05) is 6.92 Å². The minimum atomic E-state index is -0.767. The van der Waals surface area contributed by atoms with Crippen LogP contribution in [0.4, 0.5) is 4.79 Å². The van der Waals surface area contributed by atoms with Crippen molar-refractivity contribution in [2.45, 2.75) is 45.4 Å². The number of primary amides is 1. The van der Waals surface area contributed by atoms with Crippen molar-refractivity contribution in [2.75, 3.05) is 19.6 Å². The van der Waals surface area contributed by atoms with Crippen molar-refractivity contribution in [3.63, 3.8) is 0 Å². The number of nitrogens with zero attached hydrogens (tertiary/aromatic N) is 1. The third-order valence-electron chi connectivity index (χ3n) is 4.26. The molecule has 0 saturated carbocycles. The van der Waals surface area contributed by atoms with Crippen LogP contribution in [0.5, 0.6) is 0 Å². The van der Waals surface area contributed by atoms with Gasteiger partial charge in [-0.2, -0.15) is 0 Å². The average molecular weight is 299 g/mol. The monoisotopic (exact) mass is 299 g/mol. The summed E-state index contributed by atoms with van der Waals surface area (Å²) in [5.41, 5.74) is 4.35. The van der Waals surface area contributed by atoms with Crippen molar-refractivity contribution in [3.05, 3.63) is 0 Å². The number of amides is 3. The molecule has 0 atom stereocenters. The summed E-state index contributed by atoms with van der Waals surface area (Å²) >= 11 is 0. The Labute approximate surface area is 124 Å². The molecule has 1 aliphatic heterocycles. The summed E-state index contributed by atoms with van der Waals surface area (Å²) in [4.78, 5) is 35.5. The molecular weight excluding hydrogens is 274 g/mol. The largest absolute Gasteiger partial charge is 0.481 e. The summed E-state index contributed by atoms with van der Waals surface area (Å²) < 4.78 is 0. The fourth-order valence-electron chi connectivity index (χ4n) is 2.59. The first-order chi connectivity index (χ1) is 9.91. The van der Waals surface area contributed by atoms with E-state index in [0.717, 1.165) is 0 Å². The van der Waals surface area contributed by atoms with Gasteiger partial charge in [0.1, 0.15) is 0 Å². The first-order valence-corrected chi connectivity index (χ1v) is 7.46. The normalized spacial score (nSPS) is 17.3. The second kappa shape index (κ2) is 7.85. The van der Waals surface area contributed by atoms with Crippen LogP contribution in [0.3, 0.4) is 0 Å². The highest BCUT2D eigenvalue weighted by Gasteiger charge is 2.40. The highest BCUT2D eigenvalue weighted by molar-refractivity contribution is 5.77. The standard InChI is InChI=1S/C14H25N3O4/c1-2-14(12(19)20)6-9-17(10-7-14)13(21)16-8-4-3-5-11(15)18/h2-10H2,1H3,(H2,15,18)(H,16,21)(H,19,20). The number of carbonyl (C=O) groups is 3. The zero-order valence-electron chi connectivity index (χ0n) is 12.6. The van der Waals surface area contributed by atoms with Gasteiger partial charge in [0.05, 0.1) is 5.41 Å². The van der Waals surface area contributed by atoms with Crippen LogP contribution in [0.15, 0.2) is 0 Å². The van der Waals surface area contributed by atoms with Gasteiger partial charge in [-0.15, -0.1) is 0 Å². The Morgan fingerprint density at radius 2 is 1.86 bits per heavy atom. The van der Waals surface area contributed by atoms with Crippen LogP contribution in [-0.2, 0) is 9.59 Å². The number of nitrogens with two attached hydrogens (primary N) is 1. The molecule has 0 spiro atoms. The molecule has 1 fully saturated rings. The molecule has 21 heavy (non-hydrogen) atoms. The maximum absolute atomic E-state index is 11.9. The Bertz CT molecular complexity index is 390. The molecular formula is C14H25N3O4. The number of hydrogen-bond acceptors (Lipinski definition) is 3. The lowest BCUT2D eigenvalue weighted by Gasteiger charge is -2.38. The molecule has 0 aromatic rings. The van der Waals surface area contributed by atoms with Gasteiger partial charge < -0.3 is 21.1 Å². The molecule has 4 N–H and O–H groups in total. The molecule has 120 valence electrons. The number of unbranched alkanes of at least 4 members (excludes halogenated alkanes) is 1. The highest BCUT2D eigenvalue weighted by Crippen LogP contribution is 2.35. The van der Waals surface area contributed by atoms with Gasteiger partial charge in [-0.3, -0.25) is 9.59 Å². The minimum absolute atomic E-state index is 0.163. The summed E-state index contributed by atoms with van der Waals surface area (Å²) in [6, 6.07) is -0.163. The number of hydrogen-bond donors (Lipinski definition) is 3. The number of likely N-dealkylation sites (tertiary alicyclic amines) is 1. The number of carboxylic acid groups (broad SMARTS) is 1. The molecule has 0 aliphatic carbocycles. The topological polar surface area (TPSA) is 113 Å². The van der Waals surface area contributed by atoms with Crippen molar-refractivity contribution in [1.82, 2.24) is 10.2 Å². The molecule has 7 heteroatoms. The number of carbonyl (C=O) groups excluding carboxylic acids is 2. The quantitative estimate of drug-likeness (QED) is 0.607. The van der Waals surface area contributed by atoms with Gasteiger partial charge in [0, 0.05) is 26.1 Å². The maximum atomic E-state index is 11.9. The maximum Gasteiger partial charge on any atom is 0.317 e. The Hall–Kier alpha value is -1.79. The SMILES string of the molecule is CCC1(C(=O)O)CCN(C(=O)NCCCCC(N)=O)CC1. The predicted molar refractivity (Wildman–Crippen MR) is 77.6 cm³/mol. The smallest absolute Gasteiger partial charge is 0.317 e. The van der Waals surface area contributed by atoms with Gasteiger partial charge in [0.25, 0.3) is 0 Å². The average Bonchev–Trinajstić information content (AvgIpc) is 2.46. The van der Waals surface area contributed by atoms with Crippen LogP contribution in [0.25, 0.3) is 0 Å². The molecule has 1 heterocycles. The summed E-state index contributed by atoms with van der Waals surface area (Å²) in [5.74, 6) is -1.10. The fraction of sp³-hybridized carbons (Fsp3) is 0.786. The second-order valence-electron chi connectivity index (χ2n) is 5.58. The molecule has 1 saturated heterocycles. The van der Waals surface area contributed by atoms with E-state index in [4.69, 9.17) is 5.73 Å². The van der Waals surface area contributed by atoms with E-state index in [1.165, 1.54) is 0 Å². The lowest BCUT2D eigenvalue weighted by molar-refractivity contribution is -0.152. The number of piperidine rings is 1.